The van der Waals surface area contributed by atoms with Gasteiger partial charge in [-0.15, -0.1) is 0 Å². The first-order chi connectivity index (χ1) is 10.1. The molecular weight excluding hydrogens is 270 g/mol. The lowest BCUT2D eigenvalue weighted by atomic mass is 10.2. The Balaban J connectivity index is 1.67. The highest BCUT2D eigenvalue weighted by molar-refractivity contribution is 5.71. The van der Waals surface area contributed by atoms with Crippen LogP contribution in [0.4, 0.5) is 0 Å². The van der Waals surface area contributed by atoms with Gasteiger partial charge in [-0.3, -0.25) is 0 Å². The molecule has 0 amide bonds. The number of quaternary nitrogens is 1. The third-order valence-electron chi connectivity index (χ3n) is 3.49. The molecule has 116 valence electrons. The molecule has 21 heavy (non-hydrogen) atoms. The SMILES string of the molecule is Cc1ccc(OCC(=O)O[C@@H](C)C[NH+]2CCOCC2)cc1. The summed E-state index contributed by atoms with van der Waals surface area (Å²) >= 11 is 0. The van der Waals surface area contributed by atoms with Gasteiger partial charge in [0.1, 0.15) is 31.5 Å². The molecule has 0 unspecified atom stereocenters. The summed E-state index contributed by atoms with van der Waals surface area (Å²) in [6.45, 7) is 8.22. The number of aryl methyl sites for hydroxylation is 1. The molecule has 5 heteroatoms. The van der Waals surface area contributed by atoms with E-state index in [9.17, 15) is 4.79 Å². The zero-order valence-electron chi connectivity index (χ0n) is 12.8. The molecule has 1 aromatic rings. The van der Waals surface area contributed by atoms with Gasteiger partial charge < -0.3 is 19.1 Å². The van der Waals surface area contributed by atoms with Crippen LogP contribution in [-0.2, 0) is 14.3 Å². The Morgan fingerprint density at radius 3 is 2.62 bits per heavy atom. The number of esters is 1. The van der Waals surface area contributed by atoms with E-state index in [-0.39, 0.29) is 18.7 Å². The van der Waals surface area contributed by atoms with Crippen LogP contribution in [0.3, 0.4) is 0 Å². The van der Waals surface area contributed by atoms with Crippen LogP contribution in [-0.4, -0.2) is 51.5 Å². The van der Waals surface area contributed by atoms with Crippen molar-refractivity contribution in [1.82, 2.24) is 0 Å². The van der Waals surface area contributed by atoms with Crippen molar-refractivity contribution in [3.05, 3.63) is 29.8 Å². The minimum Gasteiger partial charge on any atom is -0.482 e. The summed E-state index contributed by atoms with van der Waals surface area (Å²) in [7, 11) is 0. The van der Waals surface area contributed by atoms with Gasteiger partial charge in [0, 0.05) is 0 Å². The summed E-state index contributed by atoms with van der Waals surface area (Å²) in [5.41, 5.74) is 1.16. The third-order valence-corrected chi connectivity index (χ3v) is 3.49. The minimum absolute atomic E-state index is 0.0498. The molecule has 0 bridgehead atoms. The van der Waals surface area contributed by atoms with Crippen molar-refractivity contribution in [2.75, 3.05) is 39.5 Å². The van der Waals surface area contributed by atoms with Crippen molar-refractivity contribution in [2.45, 2.75) is 20.0 Å². The number of carbonyl (C=O) groups excluding carboxylic acids is 1. The van der Waals surface area contributed by atoms with Crippen molar-refractivity contribution in [3.8, 4) is 5.75 Å². The van der Waals surface area contributed by atoms with Gasteiger partial charge in [0.2, 0.25) is 0 Å². The zero-order valence-corrected chi connectivity index (χ0v) is 12.8. The molecule has 1 atom stereocenters. The van der Waals surface area contributed by atoms with E-state index >= 15 is 0 Å². The second kappa shape index (κ2) is 8.00. The second-order valence-corrected chi connectivity index (χ2v) is 5.47. The molecule has 5 nitrogen and oxygen atoms in total. The number of benzene rings is 1. The molecule has 1 fully saturated rings. The van der Waals surface area contributed by atoms with Crippen LogP contribution in [0.2, 0.25) is 0 Å². The van der Waals surface area contributed by atoms with Gasteiger partial charge in [-0.25, -0.2) is 4.79 Å². The average molecular weight is 294 g/mol. The first kappa shape index (κ1) is 15.8. The number of morpholine rings is 1. The van der Waals surface area contributed by atoms with Gasteiger partial charge in [0.15, 0.2) is 6.61 Å². The number of carbonyl (C=O) groups is 1. The van der Waals surface area contributed by atoms with E-state index in [2.05, 4.69) is 0 Å². The Labute approximate surface area is 125 Å². The van der Waals surface area contributed by atoms with E-state index in [1.165, 1.54) is 4.90 Å². The smallest absolute Gasteiger partial charge is 0.344 e. The summed E-state index contributed by atoms with van der Waals surface area (Å²) in [4.78, 5) is 13.2. The summed E-state index contributed by atoms with van der Waals surface area (Å²) < 4.78 is 16.1. The maximum atomic E-state index is 11.8. The Bertz CT molecular complexity index is 440. The Kier molecular flexibility index (Phi) is 6.02. The van der Waals surface area contributed by atoms with Gasteiger partial charge in [0.05, 0.1) is 13.2 Å². The van der Waals surface area contributed by atoms with E-state index in [0.717, 1.165) is 38.4 Å². The van der Waals surface area contributed by atoms with Crippen molar-refractivity contribution < 1.29 is 23.9 Å². The van der Waals surface area contributed by atoms with Crippen LogP contribution in [0, 0.1) is 6.92 Å². The number of hydrogen-bond acceptors (Lipinski definition) is 4. The van der Waals surface area contributed by atoms with Crippen molar-refractivity contribution in [3.63, 3.8) is 0 Å². The van der Waals surface area contributed by atoms with Gasteiger partial charge in [-0.2, -0.15) is 0 Å². The lowest BCUT2D eigenvalue weighted by molar-refractivity contribution is -0.910. The maximum absolute atomic E-state index is 11.8. The normalized spacial score (nSPS) is 17.2. The molecule has 1 aliphatic heterocycles. The van der Waals surface area contributed by atoms with Gasteiger partial charge >= 0.3 is 5.97 Å². The standard InChI is InChI=1S/C16H23NO4/c1-13-3-5-15(6-4-13)20-12-16(18)21-14(2)11-17-7-9-19-10-8-17/h3-6,14H,7-12H2,1-2H3/p+1/t14-/m0/s1. The maximum Gasteiger partial charge on any atom is 0.344 e. The van der Waals surface area contributed by atoms with E-state index in [1.807, 2.05) is 38.1 Å². The van der Waals surface area contributed by atoms with Crippen molar-refractivity contribution >= 4 is 5.97 Å². The lowest BCUT2D eigenvalue weighted by Crippen LogP contribution is -3.15. The summed E-state index contributed by atoms with van der Waals surface area (Å²) in [6, 6.07) is 7.60. The van der Waals surface area contributed by atoms with Gasteiger partial charge in [-0.1, -0.05) is 17.7 Å². The molecule has 1 aliphatic rings. The fourth-order valence-corrected chi connectivity index (χ4v) is 2.35. The second-order valence-electron chi connectivity index (χ2n) is 5.47. The fourth-order valence-electron chi connectivity index (χ4n) is 2.35. The van der Waals surface area contributed by atoms with E-state index < -0.39 is 0 Å². The molecule has 0 aromatic heterocycles. The molecule has 1 N–H and O–H groups in total. The van der Waals surface area contributed by atoms with Crippen LogP contribution in [0.1, 0.15) is 12.5 Å². The number of hydrogen-bond donors (Lipinski definition) is 1. The van der Waals surface area contributed by atoms with Crippen LogP contribution >= 0.6 is 0 Å². The largest absolute Gasteiger partial charge is 0.482 e. The monoisotopic (exact) mass is 294 g/mol. The topological polar surface area (TPSA) is 49.2 Å². The van der Waals surface area contributed by atoms with Gasteiger partial charge in [0.25, 0.3) is 0 Å². The first-order valence-corrected chi connectivity index (χ1v) is 7.44. The third kappa shape index (κ3) is 5.73. The van der Waals surface area contributed by atoms with Crippen molar-refractivity contribution in [2.24, 2.45) is 0 Å². The predicted octanol–water partition coefficient (Wildman–Crippen LogP) is 0.221. The van der Waals surface area contributed by atoms with Crippen LogP contribution in [0.25, 0.3) is 0 Å². The molecular formula is C16H24NO4+. The zero-order chi connectivity index (χ0) is 15.1. The van der Waals surface area contributed by atoms with Crippen LogP contribution < -0.4 is 9.64 Å². The molecule has 0 spiro atoms. The Morgan fingerprint density at radius 1 is 1.29 bits per heavy atom. The van der Waals surface area contributed by atoms with Gasteiger partial charge in [-0.05, 0) is 26.0 Å². The molecule has 0 aliphatic carbocycles. The molecule has 1 heterocycles. The summed E-state index contributed by atoms with van der Waals surface area (Å²) in [6.07, 6.45) is -0.104. The highest BCUT2D eigenvalue weighted by Crippen LogP contribution is 2.11. The van der Waals surface area contributed by atoms with E-state index in [4.69, 9.17) is 14.2 Å². The summed E-state index contributed by atoms with van der Waals surface area (Å²) in [5, 5.41) is 0. The molecule has 1 saturated heterocycles. The highest BCUT2D eigenvalue weighted by Gasteiger charge is 2.19. The molecule has 0 saturated carbocycles. The predicted molar refractivity (Wildman–Crippen MR) is 78.6 cm³/mol. The highest BCUT2D eigenvalue weighted by atomic mass is 16.6. The lowest BCUT2D eigenvalue weighted by Gasteiger charge is -2.26. The summed E-state index contributed by atoms with van der Waals surface area (Å²) in [5.74, 6) is 0.361. The Morgan fingerprint density at radius 2 is 1.95 bits per heavy atom. The average Bonchev–Trinajstić information content (AvgIpc) is 2.47. The van der Waals surface area contributed by atoms with Crippen molar-refractivity contribution in [1.29, 1.82) is 0 Å². The number of ether oxygens (including phenoxy) is 3. The van der Waals surface area contributed by atoms with Crippen LogP contribution in [0.15, 0.2) is 24.3 Å². The first-order valence-electron chi connectivity index (χ1n) is 7.44. The Hall–Kier alpha value is -1.59. The number of rotatable bonds is 6. The molecule has 0 radical (unpaired) electrons. The van der Waals surface area contributed by atoms with Crippen LogP contribution in [0.5, 0.6) is 5.75 Å². The quantitative estimate of drug-likeness (QED) is 0.763. The minimum atomic E-state index is -0.323. The fraction of sp³-hybridized carbons (Fsp3) is 0.562. The molecule has 1 aromatic carbocycles. The number of nitrogens with one attached hydrogen (secondary N) is 1. The van der Waals surface area contributed by atoms with E-state index in [1.54, 1.807) is 0 Å². The van der Waals surface area contributed by atoms with E-state index in [0.29, 0.717) is 5.75 Å². The molecule has 2 rings (SSSR count).